The highest BCUT2D eigenvalue weighted by Gasteiger charge is 2.35. The Balaban J connectivity index is 1.50. The van der Waals surface area contributed by atoms with E-state index in [0.29, 0.717) is 18.9 Å². The fourth-order valence-electron chi connectivity index (χ4n) is 3.73. The fraction of sp³-hybridized carbons (Fsp3) is 0.706. The van der Waals surface area contributed by atoms with Gasteiger partial charge in [-0.25, -0.2) is 0 Å². The minimum atomic E-state index is -0.747. The number of β-amino-alcohol motifs (C(OH)–C–C–N with tert-alkyl or cyclic N) is 1. The normalized spacial score (nSPS) is 29.8. The van der Waals surface area contributed by atoms with Crippen LogP contribution in [-0.4, -0.2) is 82.1 Å². The summed E-state index contributed by atoms with van der Waals surface area (Å²) in [5.74, 6) is 0.562. The van der Waals surface area contributed by atoms with Gasteiger partial charge in [-0.15, -0.1) is 0 Å². The molecular weight excluding hydrogens is 328 g/mol. The van der Waals surface area contributed by atoms with Crippen LogP contribution in [0.4, 0.5) is 0 Å². The SMILES string of the molecule is O=C(c1ccsc1)N1CCC(CN2C[C@H](O)C(O)C[C@@H]2CO)CC1. The molecule has 1 amide bonds. The first-order valence-corrected chi connectivity index (χ1v) is 9.55. The molecular formula is C17H26N2O4S. The van der Waals surface area contributed by atoms with Crippen molar-refractivity contribution >= 4 is 17.2 Å². The van der Waals surface area contributed by atoms with Crippen molar-refractivity contribution in [3.05, 3.63) is 22.4 Å². The van der Waals surface area contributed by atoms with Gasteiger partial charge in [-0.05, 0) is 36.6 Å². The lowest BCUT2D eigenvalue weighted by atomic mass is 9.92. The Hall–Kier alpha value is -0.990. The smallest absolute Gasteiger partial charge is 0.254 e. The second-order valence-corrected chi connectivity index (χ2v) is 7.69. The van der Waals surface area contributed by atoms with E-state index in [1.165, 1.54) is 11.3 Å². The molecule has 0 spiro atoms. The number of likely N-dealkylation sites (tertiary alicyclic amines) is 2. The van der Waals surface area contributed by atoms with E-state index < -0.39 is 12.2 Å². The number of carbonyl (C=O) groups excluding carboxylic acids is 1. The maximum atomic E-state index is 12.4. The van der Waals surface area contributed by atoms with Crippen LogP contribution in [0, 0.1) is 5.92 Å². The van der Waals surface area contributed by atoms with E-state index in [1.54, 1.807) is 0 Å². The molecule has 2 saturated heterocycles. The van der Waals surface area contributed by atoms with Crippen LogP contribution in [0.15, 0.2) is 16.8 Å². The molecule has 1 unspecified atom stereocenters. The number of piperidine rings is 2. The number of carbonyl (C=O) groups is 1. The van der Waals surface area contributed by atoms with E-state index >= 15 is 0 Å². The third kappa shape index (κ3) is 3.97. The standard InChI is InChI=1S/C17H26N2O4S/c20-10-14-7-15(21)16(22)9-19(14)8-12-1-4-18(5-2-12)17(23)13-3-6-24-11-13/h3,6,11-12,14-16,20-22H,1-2,4-5,7-10H2/t14-,15?,16+/m1/s1. The summed E-state index contributed by atoms with van der Waals surface area (Å²) in [6, 6.07) is 1.78. The molecule has 7 heteroatoms. The Bertz CT molecular complexity index is 531. The first-order chi connectivity index (χ1) is 11.6. The number of aliphatic hydroxyl groups is 3. The average Bonchev–Trinajstić information content (AvgIpc) is 3.12. The van der Waals surface area contributed by atoms with Crippen LogP contribution in [0.1, 0.15) is 29.6 Å². The first-order valence-electron chi connectivity index (χ1n) is 8.61. The van der Waals surface area contributed by atoms with Crippen LogP contribution < -0.4 is 0 Å². The summed E-state index contributed by atoms with van der Waals surface area (Å²) in [4.78, 5) is 16.4. The highest BCUT2D eigenvalue weighted by atomic mass is 32.1. The molecule has 0 aromatic carbocycles. The van der Waals surface area contributed by atoms with Crippen LogP contribution in [0.25, 0.3) is 0 Å². The van der Waals surface area contributed by atoms with Gasteiger partial charge in [0, 0.05) is 37.6 Å². The highest BCUT2D eigenvalue weighted by molar-refractivity contribution is 7.08. The van der Waals surface area contributed by atoms with Crippen molar-refractivity contribution in [2.75, 3.05) is 32.8 Å². The van der Waals surface area contributed by atoms with E-state index in [9.17, 15) is 20.1 Å². The number of nitrogens with zero attached hydrogens (tertiary/aromatic N) is 2. The summed E-state index contributed by atoms with van der Waals surface area (Å²) in [6.07, 6.45) is 0.788. The molecule has 3 rings (SSSR count). The van der Waals surface area contributed by atoms with Crippen LogP contribution in [0.2, 0.25) is 0 Å². The van der Waals surface area contributed by atoms with Crippen LogP contribution >= 0.6 is 11.3 Å². The maximum absolute atomic E-state index is 12.4. The number of hydrogen-bond acceptors (Lipinski definition) is 6. The summed E-state index contributed by atoms with van der Waals surface area (Å²) >= 11 is 1.54. The Morgan fingerprint density at radius 2 is 2.00 bits per heavy atom. The molecule has 24 heavy (non-hydrogen) atoms. The van der Waals surface area contributed by atoms with E-state index in [1.807, 2.05) is 21.7 Å². The first kappa shape index (κ1) is 17.8. The van der Waals surface area contributed by atoms with Gasteiger partial charge < -0.3 is 20.2 Å². The molecule has 6 nitrogen and oxygen atoms in total. The highest BCUT2D eigenvalue weighted by Crippen LogP contribution is 2.25. The summed E-state index contributed by atoms with van der Waals surface area (Å²) in [5, 5.41) is 33.0. The van der Waals surface area contributed by atoms with Gasteiger partial charge in [0.25, 0.3) is 5.91 Å². The predicted molar refractivity (Wildman–Crippen MR) is 92.0 cm³/mol. The average molecular weight is 354 g/mol. The molecule has 3 heterocycles. The van der Waals surface area contributed by atoms with E-state index in [2.05, 4.69) is 4.90 Å². The second-order valence-electron chi connectivity index (χ2n) is 6.91. The molecule has 0 bridgehead atoms. The number of thiophene rings is 1. The van der Waals surface area contributed by atoms with Gasteiger partial charge in [-0.3, -0.25) is 9.69 Å². The molecule has 0 aliphatic carbocycles. The number of hydrogen-bond donors (Lipinski definition) is 3. The van der Waals surface area contributed by atoms with Crippen molar-refractivity contribution in [2.24, 2.45) is 5.92 Å². The van der Waals surface area contributed by atoms with Crippen molar-refractivity contribution < 1.29 is 20.1 Å². The maximum Gasteiger partial charge on any atom is 0.254 e. The minimum Gasteiger partial charge on any atom is -0.395 e. The molecule has 0 radical (unpaired) electrons. The molecule has 2 aliphatic rings. The molecule has 134 valence electrons. The van der Waals surface area contributed by atoms with Crippen molar-refractivity contribution in [1.82, 2.24) is 9.80 Å². The topological polar surface area (TPSA) is 84.2 Å². The van der Waals surface area contributed by atoms with Gasteiger partial charge in [-0.2, -0.15) is 11.3 Å². The Kier molecular flexibility index (Phi) is 5.89. The summed E-state index contributed by atoms with van der Waals surface area (Å²) in [5.41, 5.74) is 0.770. The molecule has 0 saturated carbocycles. The molecule has 2 fully saturated rings. The summed E-state index contributed by atoms with van der Waals surface area (Å²) in [6.45, 7) is 2.71. The molecule has 1 aromatic rings. The van der Waals surface area contributed by atoms with Gasteiger partial charge in [0.05, 0.1) is 24.4 Å². The third-order valence-electron chi connectivity index (χ3n) is 5.27. The molecule has 3 N–H and O–H groups in total. The minimum absolute atomic E-state index is 0.000727. The fourth-order valence-corrected chi connectivity index (χ4v) is 4.36. The number of amides is 1. The number of aliphatic hydroxyl groups excluding tert-OH is 3. The zero-order valence-corrected chi connectivity index (χ0v) is 14.6. The van der Waals surface area contributed by atoms with Crippen LogP contribution in [0.3, 0.4) is 0 Å². The molecule has 1 aromatic heterocycles. The lowest BCUT2D eigenvalue weighted by Crippen LogP contribution is -2.55. The zero-order valence-electron chi connectivity index (χ0n) is 13.8. The van der Waals surface area contributed by atoms with E-state index in [0.717, 1.165) is 38.0 Å². The third-order valence-corrected chi connectivity index (χ3v) is 5.95. The van der Waals surface area contributed by atoms with Crippen molar-refractivity contribution in [1.29, 1.82) is 0 Å². The van der Waals surface area contributed by atoms with Crippen molar-refractivity contribution in [2.45, 2.75) is 37.5 Å². The van der Waals surface area contributed by atoms with Gasteiger partial charge in [0.2, 0.25) is 0 Å². The van der Waals surface area contributed by atoms with E-state index in [4.69, 9.17) is 0 Å². The summed E-state index contributed by atoms with van der Waals surface area (Å²) in [7, 11) is 0. The lowest BCUT2D eigenvalue weighted by Gasteiger charge is -2.42. The predicted octanol–water partition coefficient (Wildman–Crippen LogP) is 0.389. The van der Waals surface area contributed by atoms with Crippen LogP contribution in [-0.2, 0) is 0 Å². The Morgan fingerprint density at radius 1 is 1.25 bits per heavy atom. The molecule has 3 atom stereocenters. The van der Waals surface area contributed by atoms with Gasteiger partial charge in [0.1, 0.15) is 0 Å². The van der Waals surface area contributed by atoms with E-state index in [-0.39, 0.29) is 18.6 Å². The van der Waals surface area contributed by atoms with Crippen molar-refractivity contribution in [3.63, 3.8) is 0 Å². The molecule has 2 aliphatic heterocycles. The van der Waals surface area contributed by atoms with Gasteiger partial charge >= 0.3 is 0 Å². The zero-order chi connectivity index (χ0) is 17.1. The van der Waals surface area contributed by atoms with Crippen LogP contribution in [0.5, 0.6) is 0 Å². The monoisotopic (exact) mass is 354 g/mol. The number of rotatable bonds is 4. The summed E-state index contributed by atoms with van der Waals surface area (Å²) < 4.78 is 0. The quantitative estimate of drug-likeness (QED) is 0.728. The largest absolute Gasteiger partial charge is 0.395 e. The Morgan fingerprint density at radius 3 is 2.62 bits per heavy atom. The van der Waals surface area contributed by atoms with Crippen molar-refractivity contribution in [3.8, 4) is 0 Å². The second kappa shape index (κ2) is 7.93. The van der Waals surface area contributed by atoms with Gasteiger partial charge in [0.15, 0.2) is 0 Å². The van der Waals surface area contributed by atoms with Gasteiger partial charge in [-0.1, -0.05) is 0 Å². The Labute approximate surface area is 146 Å². The lowest BCUT2D eigenvalue weighted by molar-refractivity contribution is -0.0761.